The second-order valence-electron chi connectivity index (χ2n) is 7.84. The Hall–Kier alpha value is -2.97. The van der Waals surface area contributed by atoms with E-state index < -0.39 is 12.0 Å². The summed E-state index contributed by atoms with van der Waals surface area (Å²) in [5.74, 6) is -0.457. The zero-order valence-electron chi connectivity index (χ0n) is 18.8. The third-order valence-corrected chi connectivity index (χ3v) is 6.86. The molecule has 1 atom stereocenters. The number of anilines is 1. The van der Waals surface area contributed by atoms with E-state index in [1.807, 2.05) is 73.6 Å². The molecule has 0 radical (unpaired) electrons. The van der Waals surface area contributed by atoms with Crippen LogP contribution >= 0.6 is 27.3 Å². The van der Waals surface area contributed by atoms with Crippen LogP contribution in [0.3, 0.4) is 0 Å². The lowest BCUT2D eigenvalue weighted by Crippen LogP contribution is -2.39. The molecule has 1 aliphatic heterocycles. The lowest BCUT2D eigenvalue weighted by atomic mass is 9.95. The molecule has 0 bridgehead atoms. The minimum Gasteiger partial charge on any atom is -0.463 e. The number of hydrogen-bond donors (Lipinski definition) is 0. The van der Waals surface area contributed by atoms with Crippen molar-refractivity contribution in [3.8, 4) is 0 Å². The molecule has 33 heavy (non-hydrogen) atoms. The van der Waals surface area contributed by atoms with Crippen LogP contribution in [0.4, 0.5) is 5.69 Å². The molecule has 0 amide bonds. The third-order valence-electron chi connectivity index (χ3n) is 5.39. The molecule has 170 valence electrons. The number of esters is 1. The van der Waals surface area contributed by atoms with E-state index >= 15 is 0 Å². The van der Waals surface area contributed by atoms with Crippen molar-refractivity contribution in [3.05, 3.63) is 95.1 Å². The van der Waals surface area contributed by atoms with Crippen LogP contribution in [0, 0.1) is 0 Å². The van der Waals surface area contributed by atoms with Gasteiger partial charge in [0.2, 0.25) is 0 Å². The summed E-state index contributed by atoms with van der Waals surface area (Å²) in [6, 6.07) is 15.0. The second kappa shape index (κ2) is 9.49. The Balaban J connectivity index is 1.94. The van der Waals surface area contributed by atoms with E-state index in [1.165, 1.54) is 11.3 Å². The first-order valence-electron chi connectivity index (χ1n) is 10.5. The van der Waals surface area contributed by atoms with Crippen molar-refractivity contribution in [1.29, 1.82) is 0 Å². The van der Waals surface area contributed by atoms with Gasteiger partial charge in [-0.15, -0.1) is 0 Å². The summed E-state index contributed by atoms with van der Waals surface area (Å²) in [5.41, 5.74) is 3.52. The zero-order valence-corrected chi connectivity index (χ0v) is 21.2. The normalized spacial score (nSPS) is 15.8. The maximum absolute atomic E-state index is 13.6. The highest BCUT2D eigenvalue weighted by Gasteiger charge is 2.33. The monoisotopic (exact) mass is 525 g/mol. The predicted octanol–water partition coefficient (Wildman–Crippen LogP) is 3.63. The van der Waals surface area contributed by atoms with Gasteiger partial charge in [-0.05, 0) is 55.3 Å². The summed E-state index contributed by atoms with van der Waals surface area (Å²) < 4.78 is 8.44. The number of hydrogen-bond acceptors (Lipinski definition) is 6. The number of carbonyl (C=O) groups excluding carboxylic acids is 1. The van der Waals surface area contributed by atoms with E-state index in [1.54, 1.807) is 18.4 Å². The van der Waals surface area contributed by atoms with Gasteiger partial charge in [0.1, 0.15) is 0 Å². The van der Waals surface area contributed by atoms with Crippen molar-refractivity contribution in [1.82, 2.24) is 4.57 Å². The Morgan fingerprint density at radius 2 is 1.97 bits per heavy atom. The maximum Gasteiger partial charge on any atom is 0.338 e. The average Bonchev–Trinajstić information content (AvgIpc) is 3.07. The molecule has 8 heteroatoms. The fraction of sp³-hybridized carbons (Fsp3) is 0.240. The van der Waals surface area contributed by atoms with Crippen LogP contribution in [-0.4, -0.2) is 31.2 Å². The standard InChI is InChI=1S/C25H24BrN3O3S/c1-5-32-24(31)21-15(2)27-25-29(22(21)17-9-11-19(12-10-17)28(3)4)23(30)20(33-25)14-16-7-6-8-18(26)13-16/h6-14,22H,5H2,1-4H3/b20-14+. The number of nitrogens with zero attached hydrogens (tertiary/aromatic N) is 3. The van der Waals surface area contributed by atoms with Gasteiger partial charge in [0, 0.05) is 24.3 Å². The maximum atomic E-state index is 13.6. The molecule has 1 unspecified atom stereocenters. The van der Waals surface area contributed by atoms with Gasteiger partial charge in [-0.25, -0.2) is 9.79 Å². The molecule has 1 aliphatic rings. The Morgan fingerprint density at radius 3 is 2.61 bits per heavy atom. The predicted molar refractivity (Wildman–Crippen MR) is 135 cm³/mol. The Bertz CT molecular complexity index is 1420. The summed E-state index contributed by atoms with van der Waals surface area (Å²) >= 11 is 4.79. The molecule has 4 rings (SSSR count). The van der Waals surface area contributed by atoms with Crippen molar-refractivity contribution in [2.45, 2.75) is 19.9 Å². The van der Waals surface area contributed by atoms with Crippen LogP contribution < -0.4 is 19.8 Å². The molecule has 0 aliphatic carbocycles. The molecule has 3 aromatic rings. The third kappa shape index (κ3) is 4.58. The molecule has 0 saturated heterocycles. The van der Waals surface area contributed by atoms with Crippen LogP contribution in [-0.2, 0) is 9.53 Å². The molecular weight excluding hydrogens is 502 g/mol. The number of benzene rings is 2. The van der Waals surface area contributed by atoms with Crippen molar-refractivity contribution in [3.63, 3.8) is 0 Å². The topological polar surface area (TPSA) is 63.9 Å². The number of rotatable bonds is 5. The molecule has 1 aromatic heterocycles. The fourth-order valence-electron chi connectivity index (χ4n) is 3.81. The number of aromatic nitrogens is 1. The molecular formula is C25H24BrN3O3S. The van der Waals surface area contributed by atoms with Gasteiger partial charge in [-0.2, -0.15) is 0 Å². The Labute approximate surface area is 204 Å². The highest BCUT2D eigenvalue weighted by molar-refractivity contribution is 9.10. The van der Waals surface area contributed by atoms with Crippen molar-refractivity contribution < 1.29 is 9.53 Å². The molecule has 0 N–H and O–H groups in total. The quantitative estimate of drug-likeness (QED) is 0.477. The van der Waals surface area contributed by atoms with Crippen molar-refractivity contribution in [2.24, 2.45) is 4.99 Å². The van der Waals surface area contributed by atoms with Gasteiger partial charge >= 0.3 is 5.97 Å². The van der Waals surface area contributed by atoms with E-state index in [0.29, 0.717) is 20.6 Å². The van der Waals surface area contributed by atoms with Crippen LogP contribution in [0.2, 0.25) is 0 Å². The van der Waals surface area contributed by atoms with Crippen LogP contribution in [0.1, 0.15) is 31.0 Å². The minimum atomic E-state index is -0.610. The summed E-state index contributed by atoms with van der Waals surface area (Å²) in [7, 11) is 3.93. The average molecular weight is 526 g/mol. The molecule has 0 spiro atoms. The first kappa shape index (κ1) is 23.2. The molecule has 0 saturated carbocycles. The summed E-state index contributed by atoms with van der Waals surface area (Å²) in [4.78, 5) is 33.7. The van der Waals surface area contributed by atoms with Gasteiger partial charge in [-0.3, -0.25) is 9.36 Å². The minimum absolute atomic E-state index is 0.185. The van der Waals surface area contributed by atoms with Crippen LogP contribution in [0.25, 0.3) is 6.08 Å². The summed E-state index contributed by atoms with van der Waals surface area (Å²) in [5, 5.41) is 0. The summed E-state index contributed by atoms with van der Waals surface area (Å²) in [6.07, 6.45) is 1.85. The number of ether oxygens (including phenoxy) is 1. The lowest BCUT2D eigenvalue weighted by Gasteiger charge is -2.25. The number of halogens is 1. The second-order valence-corrected chi connectivity index (χ2v) is 9.77. The van der Waals surface area contributed by atoms with Gasteiger partial charge < -0.3 is 9.64 Å². The first-order chi connectivity index (χ1) is 15.8. The van der Waals surface area contributed by atoms with Crippen LogP contribution in [0.15, 0.2) is 74.1 Å². The van der Waals surface area contributed by atoms with E-state index in [0.717, 1.165) is 21.3 Å². The number of carbonyl (C=O) groups is 1. The van der Waals surface area contributed by atoms with Gasteiger partial charge in [-0.1, -0.05) is 51.5 Å². The Morgan fingerprint density at radius 1 is 1.24 bits per heavy atom. The highest BCUT2D eigenvalue weighted by atomic mass is 79.9. The van der Waals surface area contributed by atoms with Crippen molar-refractivity contribution >= 4 is 45.0 Å². The van der Waals surface area contributed by atoms with Crippen molar-refractivity contribution in [2.75, 3.05) is 25.6 Å². The summed E-state index contributed by atoms with van der Waals surface area (Å²) in [6.45, 7) is 3.80. The lowest BCUT2D eigenvalue weighted by molar-refractivity contribution is -0.139. The van der Waals surface area contributed by atoms with E-state index in [4.69, 9.17) is 4.74 Å². The van der Waals surface area contributed by atoms with E-state index in [-0.39, 0.29) is 12.2 Å². The molecule has 6 nitrogen and oxygen atoms in total. The SMILES string of the molecule is CCOC(=O)C1=C(C)N=c2s/c(=C/c3cccc(Br)c3)c(=O)n2C1c1ccc(N(C)C)cc1. The largest absolute Gasteiger partial charge is 0.463 e. The molecule has 2 heterocycles. The Kier molecular flexibility index (Phi) is 6.67. The number of fused-ring (bicyclic) bond motifs is 1. The first-order valence-corrected chi connectivity index (χ1v) is 12.1. The van der Waals surface area contributed by atoms with E-state index in [2.05, 4.69) is 20.9 Å². The smallest absolute Gasteiger partial charge is 0.338 e. The molecule has 2 aromatic carbocycles. The van der Waals surface area contributed by atoms with Crippen LogP contribution in [0.5, 0.6) is 0 Å². The highest BCUT2D eigenvalue weighted by Crippen LogP contribution is 2.31. The fourth-order valence-corrected chi connectivity index (χ4v) is 5.27. The zero-order chi connectivity index (χ0) is 23.7. The number of allylic oxidation sites excluding steroid dienone is 1. The molecule has 0 fully saturated rings. The number of thiazole rings is 1. The van der Waals surface area contributed by atoms with Gasteiger partial charge in [0.05, 0.1) is 28.5 Å². The van der Waals surface area contributed by atoms with E-state index in [9.17, 15) is 9.59 Å². The van der Waals surface area contributed by atoms with Gasteiger partial charge in [0.15, 0.2) is 4.80 Å². The van der Waals surface area contributed by atoms with Gasteiger partial charge in [0.25, 0.3) is 5.56 Å².